The van der Waals surface area contributed by atoms with Gasteiger partial charge in [-0.1, -0.05) is 62.4 Å². The Kier molecular flexibility index (Phi) is 5.58. The third kappa shape index (κ3) is 4.44. The van der Waals surface area contributed by atoms with E-state index in [4.69, 9.17) is 0 Å². The molecule has 0 fully saturated rings. The monoisotopic (exact) mass is 281 g/mol. The molecule has 0 aliphatic heterocycles. The minimum Gasteiger partial charge on any atom is -0.306 e. The number of nitrogens with one attached hydrogen (secondary N) is 1. The molecule has 0 aliphatic carbocycles. The average molecular weight is 281 g/mol. The molecule has 1 unspecified atom stereocenters. The zero-order valence-electron chi connectivity index (χ0n) is 13.7. The van der Waals surface area contributed by atoms with Crippen LogP contribution < -0.4 is 5.32 Å². The van der Waals surface area contributed by atoms with Crippen molar-refractivity contribution in [1.29, 1.82) is 0 Å². The summed E-state index contributed by atoms with van der Waals surface area (Å²) in [4.78, 5) is 0. The molecular formula is C20H27N. The molecule has 0 aromatic heterocycles. The summed E-state index contributed by atoms with van der Waals surface area (Å²) < 4.78 is 0. The van der Waals surface area contributed by atoms with Crippen LogP contribution in [-0.4, -0.2) is 0 Å². The van der Waals surface area contributed by atoms with Crippen molar-refractivity contribution in [3.8, 4) is 0 Å². The lowest BCUT2D eigenvalue weighted by Gasteiger charge is -2.23. The van der Waals surface area contributed by atoms with E-state index in [0.29, 0.717) is 12.0 Å². The molecule has 2 aromatic rings. The van der Waals surface area contributed by atoms with Crippen LogP contribution in [0.2, 0.25) is 0 Å². The Bertz CT molecular complexity index is 572. The summed E-state index contributed by atoms with van der Waals surface area (Å²) in [6.07, 6.45) is 1.16. The fourth-order valence-corrected chi connectivity index (χ4v) is 2.81. The van der Waals surface area contributed by atoms with Crippen molar-refractivity contribution in [2.75, 3.05) is 0 Å². The van der Waals surface area contributed by atoms with Crippen LogP contribution in [0.5, 0.6) is 0 Å². The summed E-state index contributed by atoms with van der Waals surface area (Å²) in [7, 11) is 0. The predicted octanol–water partition coefficient (Wildman–Crippen LogP) is 5.18. The van der Waals surface area contributed by atoms with Crippen molar-refractivity contribution in [3.05, 3.63) is 70.8 Å². The Hall–Kier alpha value is -1.60. The Balaban J connectivity index is 2.14. The van der Waals surface area contributed by atoms with Crippen LogP contribution in [0.4, 0.5) is 0 Å². The second kappa shape index (κ2) is 7.42. The molecule has 21 heavy (non-hydrogen) atoms. The highest BCUT2D eigenvalue weighted by Gasteiger charge is 2.15. The van der Waals surface area contributed by atoms with Crippen molar-refractivity contribution < 1.29 is 0 Å². The van der Waals surface area contributed by atoms with E-state index in [1.165, 1.54) is 22.3 Å². The Labute approximate surface area is 129 Å². The van der Waals surface area contributed by atoms with Crippen molar-refractivity contribution in [1.82, 2.24) is 5.32 Å². The first-order valence-electron chi connectivity index (χ1n) is 7.91. The Morgan fingerprint density at radius 2 is 1.48 bits per heavy atom. The van der Waals surface area contributed by atoms with Gasteiger partial charge in [0.2, 0.25) is 0 Å². The van der Waals surface area contributed by atoms with Crippen LogP contribution >= 0.6 is 0 Å². The number of rotatable bonds is 6. The molecule has 0 saturated carbocycles. The van der Waals surface area contributed by atoms with Crippen LogP contribution in [0.15, 0.2) is 48.5 Å². The highest BCUT2D eigenvalue weighted by atomic mass is 14.9. The summed E-state index contributed by atoms with van der Waals surface area (Å²) >= 11 is 0. The smallest absolute Gasteiger partial charge is 0.0328 e. The maximum Gasteiger partial charge on any atom is 0.0328 e. The molecular weight excluding hydrogens is 254 g/mol. The average Bonchev–Trinajstić information content (AvgIpc) is 2.45. The molecule has 0 radical (unpaired) electrons. The first-order chi connectivity index (χ1) is 10.1. The van der Waals surface area contributed by atoms with Gasteiger partial charge in [-0.25, -0.2) is 0 Å². The highest BCUT2D eigenvalue weighted by Crippen LogP contribution is 2.24. The second-order valence-corrected chi connectivity index (χ2v) is 6.35. The van der Waals surface area contributed by atoms with Crippen LogP contribution in [0.1, 0.15) is 48.6 Å². The number of hydrogen-bond acceptors (Lipinski definition) is 1. The van der Waals surface area contributed by atoms with Gasteiger partial charge in [0.25, 0.3) is 0 Å². The van der Waals surface area contributed by atoms with Crippen molar-refractivity contribution in [2.24, 2.45) is 5.92 Å². The number of aryl methyl sites for hydroxylation is 2. The molecule has 112 valence electrons. The SMILES string of the molecule is Cc1ccccc1CNC(CC(C)C)c1ccccc1C. The van der Waals surface area contributed by atoms with E-state index in [9.17, 15) is 0 Å². The minimum absolute atomic E-state index is 0.422. The van der Waals surface area contributed by atoms with Gasteiger partial charge in [0.05, 0.1) is 0 Å². The van der Waals surface area contributed by atoms with Gasteiger partial charge in [0.15, 0.2) is 0 Å². The fourth-order valence-electron chi connectivity index (χ4n) is 2.81. The standard InChI is InChI=1S/C20H27N/c1-15(2)13-20(19-12-8-6-10-17(19)4)21-14-18-11-7-5-9-16(18)3/h5-12,15,20-21H,13-14H2,1-4H3. The van der Waals surface area contributed by atoms with Gasteiger partial charge in [0, 0.05) is 12.6 Å². The van der Waals surface area contributed by atoms with Crippen LogP contribution in [0.25, 0.3) is 0 Å². The van der Waals surface area contributed by atoms with E-state index in [2.05, 4.69) is 81.5 Å². The summed E-state index contributed by atoms with van der Waals surface area (Å²) in [6.45, 7) is 9.90. The lowest BCUT2D eigenvalue weighted by Crippen LogP contribution is -2.23. The van der Waals surface area contributed by atoms with Gasteiger partial charge >= 0.3 is 0 Å². The van der Waals surface area contributed by atoms with E-state index in [1.54, 1.807) is 0 Å². The van der Waals surface area contributed by atoms with E-state index < -0.39 is 0 Å². The van der Waals surface area contributed by atoms with Gasteiger partial charge in [-0.05, 0) is 48.4 Å². The third-order valence-electron chi connectivity index (χ3n) is 4.07. The lowest BCUT2D eigenvalue weighted by atomic mass is 9.93. The van der Waals surface area contributed by atoms with Gasteiger partial charge < -0.3 is 5.32 Å². The zero-order valence-corrected chi connectivity index (χ0v) is 13.7. The normalized spacial score (nSPS) is 12.6. The maximum absolute atomic E-state index is 3.77. The van der Waals surface area contributed by atoms with E-state index in [0.717, 1.165) is 13.0 Å². The summed E-state index contributed by atoms with van der Waals surface area (Å²) in [5.41, 5.74) is 5.55. The highest BCUT2D eigenvalue weighted by molar-refractivity contribution is 5.30. The Morgan fingerprint density at radius 3 is 2.10 bits per heavy atom. The molecule has 1 N–H and O–H groups in total. The third-order valence-corrected chi connectivity index (χ3v) is 4.07. The molecule has 2 rings (SSSR count). The van der Waals surface area contributed by atoms with Crippen molar-refractivity contribution in [3.63, 3.8) is 0 Å². The van der Waals surface area contributed by atoms with Gasteiger partial charge in [0.1, 0.15) is 0 Å². The first-order valence-corrected chi connectivity index (χ1v) is 7.91. The molecule has 0 heterocycles. The van der Waals surface area contributed by atoms with Crippen LogP contribution in [0, 0.1) is 19.8 Å². The van der Waals surface area contributed by atoms with Gasteiger partial charge in [-0.3, -0.25) is 0 Å². The molecule has 1 heteroatoms. The summed E-state index contributed by atoms with van der Waals surface area (Å²) in [5, 5.41) is 3.77. The maximum atomic E-state index is 3.77. The summed E-state index contributed by atoms with van der Waals surface area (Å²) in [6, 6.07) is 17.8. The molecule has 0 aliphatic rings. The number of benzene rings is 2. The quantitative estimate of drug-likeness (QED) is 0.769. The van der Waals surface area contributed by atoms with Crippen molar-refractivity contribution >= 4 is 0 Å². The van der Waals surface area contributed by atoms with Crippen LogP contribution in [0.3, 0.4) is 0 Å². The predicted molar refractivity (Wildman–Crippen MR) is 91.4 cm³/mol. The molecule has 1 atom stereocenters. The zero-order chi connectivity index (χ0) is 15.2. The van der Waals surface area contributed by atoms with Crippen LogP contribution in [-0.2, 0) is 6.54 Å². The molecule has 1 nitrogen and oxygen atoms in total. The van der Waals surface area contributed by atoms with Gasteiger partial charge in [-0.15, -0.1) is 0 Å². The molecule has 0 spiro atoms. The largest absolute Gasteiger partial charge is 0.306 e. The van der Waals surface area contributed by atoms with E-state index >= 15 is 0 Å². The van der Waals surface area contributed by atoms with E-state index in [1.807, 2.05) is 0 Å². The molecule has 2 aromatic carbocycles. The molecule has 0 bridgehead atoms. The Morgan fingerprint density at radius 1 is 0.857 bits per heavy atom. The number of hydrogen-bond donors (Lipinski definition) is 1. The lowest BCUT2D eigenvalue weighted by molar-refractivity contribution is 0.427. The van der Waals surface area contributed by atoms with E-state index in [-0.39, 0.29) is 0 Å². The molecule has 0 saturated heterocycles. The molecule has 0 amide bonds. The first kappa shape index (κ1) is 15.8. The summed E-state index contributed by atoms with van der Waals surface area (Å²) in [5.74, 6) is 0.680. The van der Waals surface area contributed by atoms with Gasteiger partial charge in [-0.2, -0.15) is 0 Å². The minimum atomic E-state index is 0.422. The topological polar surface area (TPSA) is 12.0 Å². The van der Waals surface area contributed by atoms with Crippen molar-refractivity contribution in [2.45, 2.75) is 46.7 Å². The fraction of sp³-hybridized carbons (Fsp3) is 0.400. The second-order valence-electron chi connectivity index (χ2n) is 6.35.